The van der Waals surface area contributed by atoms with E-state index in [9.17, 15) is 4.39 Å². The predicted molar refractivity (Wildman–Crippen MR) is 67.2 cm³/mol. The van der Waals surface area contributed by atoms with Crippen molar-refractivity contribution in [3.8, 4) is 0 Å². The lowest BCUT2D eigenvalue weighted by Gasteiger charge is -2.06. The van der Waals surface area contributed by atoms with Gasteiger partial charge in [0.15, 0.2) is 0 Å². The quantitative estimate of drug-likeness (QED) is 0.849. The highest BCUT2D eigenvalue weighted by atomic mass is 19.1. The van der Waals surface area contributed by atoms with Gasteiger partial charge in [-0.2, -0.15) is 0 Å². The van der Waals surface area contributed by atoms with E-state index >= 15 is 0 Å². The molecule has 0 saturated heterocycles. The highest BCUT2D eigenvalue weighted by molar-refractivity contribution is 5.45. The van der Waals surface area contributed by atoms with Crippen LogP contribution in [0.4, 0.5) is 15.9 Å². The van der Waals surface area contributed by atoms with E-state index in [0.29, 0.717) is 24.3 Å². The molecule has 1 aromatic heterocycles. The van der Waals surface area contributed by atoms with Crippen LogP contribution >= 0.6 is 0 Å². The van der Waals surface area contributed by atoms with Crippen LogP contribution in [0.2, 0.25) is 0 Å². The summed E-state index contributed by atoms with van der Waals surface area (Å²) in [6, 6.07) is 10.4. The lowest BCUT2D eigenvalue weighted by Crippen LogP contribution is -2.06. The minimum atomic E-state index is -0.162. The van der Waals surface area contributed by atoms with Crippen LogP contribution < -0.4 is 11.1 Å². The van der Waals surface area contributed by atoms with Crippen molar-refractivity contribution < 1.29 is 4.39 Å². The summed E-state index contributed by atoms with van der Waals surface area (Å²) < 4.78 is 13.3. The molecule has 0 radical (unpaired) electrons. The van der Waals surface area contributed by atoms with Crippen molar-refractivity contribution in [2.75, 3.05) is 17.6 Å². The number of nitrogens with two attached hydrogens (primary N) is 1. The van der Waals surface area contributed by atoms with Crippen molar-refractivity contribution in [2.45, 2.75) is 6.42 Å². The van der Waals surface area contributed by atoms with Crippen molar-refractivity contribution in [1.29, 1.82) is 0 Å². The van der Waals surface area contributed by atoms with Crippen LogP contribution in [0, 0.1) is 5.82 Å². The number of nitrogens with one attached hydrogen (secondary N) is 1. The zero-order chi connectivity index (χ0) is 12.1. The van der Waals surface area contributed by atoms with Crippen molar-refractivity contribution in [3.05, 3.63) is 54.0 Å². The number of halogens is 1. The molecular weight excluding hydrogens is 217 g/mol. The van der Waals surface area contributed by atoms with Gasteiger partial charge in [0.2, 0.25) is 0 Å². The summed E-state index contributed by atoms with van der Waals surface area (Å²) >= 11 is 0. The molecule has 0 amide bonds. The average molecular weight is 231 g/mol. The molecule has 0 unspecified atom stereocenters. The molecule has 0 fully saturated rings. The first-order valence-corrected chi connectivity index (χ1v) is 5.44. The van der Waals surface area contributed by atoms with Gasteiger partial charge < -0.3 is 11.1 Å². The van der Waals surface area contributed by atoms with Gasteiger partial charge in [-0.25, -0.2) is 9.37 Å². The summed E-state index contributed by atoms with van der Waals surface area (Å²) in [6.07, 6.45) is 2.30. The highest BCUT2D eigenvalue weighted by Gasteiger charge is 2.00. The van der Waals surface area contributed by atoms with Crippen molar-refractivity contribution in [1.82, 2.24) is 4.98 Å². The predicted octanol–water partition coefficient (Wildman–Crippen LogP) is 2.46. The summed E-state index contributed by atoms with van der Waals surface area (Å²) in [7, 11) is 0. The molecule has 1 heterocycles. The van der Waals surface area contributed by atoms with E-state index in [1.54, 1.807) is 24.4 Å². The standard InChI is InChI=1S/C13H14FN3/c14-12-4-2-1-3-10(12)7-8-16-11-5-6-13(15)17-9-11/h1-6,9,16H,7-8H2,(H2,15,17). The number of aromatic nitrogens is 1. The van der Waals surface area contributed by atoms with Crippen LogP contribution in [0.15, 0.2) is 42.6 Å². The Morgan fingerprint density at radius 3 is 2.71 bits per heavy atom. The number of hydrogen-bond acceptors (Lipinski definition) is 3. The Morgan fingerprint density at radius 1 is 1.18 bits per heavy atom. The van der Waals surface area contributed by atoms with E-state index in [1.165, 1.54) is 6.07 Å². The zero-order valence-corrected chi connectivity index (χ0v) is 9.36. The molecule has 2 rings (SSSR count). The van der Waals surface area contributed by atoms with Gasteiger partial charge in [0.25, 0.3) is 0 Å². The summed E-state index contributed by atoms with van der Waals surface area (Å²) in [5, 5.41) is 3.16. The Bertz CT molecular complexity index is 482. The molecule has 0 aliphatic rings. The molecule has 0 aliphatic heterocycles. The minimum Gasteiger partial charge on any atom is -0.384 e. The molecule has 0 saturated carbocycles. The highest BCUT2D eigenvalue weighted by Crippen LogP contribution is 2.09. The normalized spacial score (nSPS) is 10.2. The molecular formula is C13H14FN3. The van der Waals surface area contributed by atoms with Crippen LogP contribution in [0.3, 0.4) is 0 Å². The van der Waals surface area contributed by atoms with Crippen LogP contribution in [-0.2, 0) is 6.42 Å². The van der Waals surface area contributed by atoms with E-state index in [0.717, 1.165) is 5.69 Å². The van der Waals surface area contributed by atoms with Gasteiger partial charge in [0.1, 0.15) is 11.6 Å². The van der Waals surface area contributed by atoms with Gasteiger partial charge in [-0.3, -0.25) is 0 Å². The first kappa shape index (κ1) is 11.4. The van der Waals surface area contributed by atoms with Gasteiger partial charge in [-0.05, 0) is 30.2 Å². The second kappa shape index (κ2) is 5.30. The number of nitrogens with zero attached hydrogens (tertiary/aromatic N) is 1. The maximum Gasteiger partial charge on any atom is 0.126 e. The first-order chi connectivity index (χ1) is 8.25. The zero-order valence-electron chi connectivity index (χ0n) is 9.36. The number of rotatable bonds is 4. The Balaban J connectivity index is 1.88. The monoisotopic (exact) mass is 231 g/mol. The molecule has 3 N–H and O–H groups in total. The van der Waals surface area contributed by atoms with Gasteiger partial charge in [-0.15, -0.1) is 0 Å². The lowest BCUT2D eigenvalue weighted by molar-refractivity contribution is 0.610. The smallest absolute Gasteiger partial charge is 0.126 e. The third-order valence-corrected chi connectivity index (χ3v) is 2.47. The molecule has 0 bridgehead atoms. The van der Waals surface area contributed by atoms with Crippen LogP contribution in [0.25, 0.3) is 0 Å². The summed E-state index contributed by atoms with van der Waals surface area (Å²) in [4.78, 5) is 3.96. The molecule has 0 spiro atoms. The van der Waals surface area contributed by atoms with E-state index in [4.69, 9.17) is 5.73 Å². The Hall–Kier alpha value is -2.10. The minimum absolute atomic E-state index is 0.162. The number of pyridine rings is 1. The van der Waals surface area contributed by atoms with Crippen molar-refractivity contribution in [2.24, 2.45) is 0 Å². The van der Waals surface area contributed by atoms with E-state index in [-0.39, 0.29) is 5.82 Å². The summed E-state index contributed by atoms with van der Waals surface area (Å²) in [5.74, 6) is 0.328. The second-order valence-corrected chi connectivity index (χ2v) is 3.74. The maximum atomic E-state index is 13.3. The van der Waals surface area contributed by atoms with Gasteiger partial charge >= 0.3 is 0 Å². The van der Waals surface area contributed by atoms with Crippen LogP contribution in [0.1, 0.15) is 5.56 Å². The Labute approximate surface area is 99.5 Å². The third-order valence-electron chi connectivity index (χ3n) is 2.47. The third kappa shape index (κ3) is 3.17. The molecule has 88 valence electrons. The van der Waals surface area contributed by atoms with Gasteiger partial charge in [0.05, 0.1) is 11.9 Å². The summed E-state index contributed by atoms with van der Waals surface area (Å²) in [6.45, 7) is 0.659. The molecule has 3 nitrogen and oxygen atoms in total. The fraction of sp³-hybridized carbons (Fsp3) is 0.154. The summed E-state index contributed by atoms with van der Waals surface area (Å²) in [5.41, 5.74) is 7.07. The van der Waals surface area contributed by atoms with Crippen LogP contribution in [-0.4, -0.2) is 11.5 Å². The first-order valence-electron chi connectivity index (χ1n) is 5.44. The largest absolute Gasteiger partial charge is 0.384 e. The number of anilines is 2. The van der Waals surface area contributed by atoms with E-state index in [2.05, 4.69) is 10.3 Å². The number of hydrogen-bond donors (Lipinski definition) is 2. The van der Waals surface area contributed by atoms with Gasteiger partial charge in [-0.1, -0.05) is 18.2 Å². The topological polar surface area (TPSA) is 50.9 Å². The number of nitrogen functional groups attached to an aromatic ring is 1. The molecule has 17 heavy (non-hydrogen) atoms. The molecule has 0 aliphatic carbocycles. The molecule has 1 aromatic carbocycles. The second-order valence-electron chi connectivity index (χ2n) is 3.74. The Kier molecular flexibility index (Phi) is 3.55. The van der Waals surface area contributed by atoms with Crippen molar-refractivity contribution >= 4 is 11.5 Å². The van der Waals surface area contributed by atoms with Crippen molar-refractivity contribution in [3.63, 3.8) is 0 Å². The van der Waals surface area contributed by atoms with E-state index in [1.807, 2.05) is 12.1 Å². The fourth-order valence-electron chi connectivity index (χ4n) is 1.55. The molecule has 4 heteroatoms. The lowest BCUT2D eigenvalue weighted by atomic mass is 10.1. The van der Waals surface area contributed by atoms with Crippen LogP contribution in [0.5, 0.6) is 0 Å². The van der Waals surface area contributed by atoms with Gasteiger partial charge in [0, 0.05) is 6.54 Å². The SMILES string of the molecule is Nc1ccc(NCCc2ccccc2F)cn1. The fourth-order valence-corrected chi connectivity index (χ4v) is 1.55. The molecule has 2 aromatic rings. The molecule has 0 atom stereocenters. The van der Waals surface area contributed by atoms with E-state index < -0.39 is 0 Å². The Morgan fingerprint density at radius 2 is 2.00 bits per heavy atom. The number of benzene rings is 1. The maximum absolute atomic E-state index is 13.3. The average Bonchev–Trinajstić information content (AvgIpc) is 2.34.